The number of nitrogens with one attached hydrogen (secondary N) is 4. The van der Waals surface area contributed by atoms with Crippen molar-refractivity contribution >= 4 is 46.5 Å². The van der Waals surface area contributed by atoms with E-state index >= 15 is 0 Å². The third kappa shape index (κ3) is 4.78. The number of nitro groups is 1. The van der Waals surface area contributed by atoms with Crippen molar-refractivity contribution in [1.29, 1.82) is 0 Å². The lowest BCUT2D eigenvalue weighted by Gasteiger charge is -2.12. The average Bonchev–Trinajstić information content (AvgIpc) is 3.52. The van der Waals surface area contributed by atoms with E-state index in [0.29, 0.717) is 35.4 Å². The summed E-state index contributed by atoms with van der Waals surface area (Å²) in [7, 11) is 0. The van der Waals surface area contributed by atoms with Gasteiger partial charge in [0.05, 0.1) is 15.6 Å². The highest BCUT2D eigenvalue weighted by molar-refractivity contribution is 6.33. The topological polar surface area (TPSA) is 151 Å². The van der Waals surface area contributed by atoms with Crippen LogP contribution >= 0.6 is 11.6 Å². The molecule has 0 unspecified atom stereocenters. The first-order chi connectivity index (χ1) is 15.5. The summed E-state index contributed by atoms with van der Waals surface area (Å²) in [5.41, 5.74) is 0.525. The summed E-state index contributed by atoms with van der Waals surface area (Å²) >= 11 is 6.20. The highest BCUT2D eigenvalue weighted by Gasteiger charge is 2.31. The number of carbonyl (C=O) groups excluding carboxylic acids is 1. The first-order valence-corrected chi connectivity index (χ1v) is 10.5. The number of aromatic amines is 1. The van der Waals surface area contributed by atoms with Crippen LogP contribution in [0, 0.1) is 10.1 Å². The zero-order chi connectivity index (χ0) is 22.7. The fourth-order valence-corrected chi connectivity index (χ4v) is 3.24. The number of benzene rings is 1. The molecule has 2 heterocycles. The fraction of sp³-hybridized carbons (Fsp3) is 0.300. The van der Waals surface area contributed by atoms with Gasteiger partial charge in [-0.15, -0.1) is 0 Å². The SMILES string of the molecule is CCCNC(=O)c1nc(Nc2ccccc2Cl)nc(Nc2cc(C3CC3)[nH]n2)c1[N+](=O)[O-]. The Balaban J connectivity index is 1.75. The maximum atomic E-state index is 12.7. The standard InChI is InChI=1S/C20H21ClN8O3/c1-2-9-22-19(30)16-17(29(31)32)18(24-15-10-14(27-28-15)11-7-8-11)26-20(25-16)23-13-6-4-3-5-12(13)21/h3-6,10-11H,2,7-9H2,1H3,(H,22,30)(H3,23,24,25,26,27,28). The monoisotopic (exact) mass is 456 g/mol. The van der Waals surface area contributed by atoms with E-state index in [9.17, 15) is 14.9 Å². The van der Waals surface area contributed by atoms with Gasteiger partial charge in [-0.2, -0.15) is 10.1 Å². The summed E-state index contributed by atoms with van der Waals surface area (Å²) in [6.45, 7) is 2.22. The summed E-state index contributed by atoms with van der Waals surface area (Å²) in [4.78, 5) is 32.3. The van der Waals surface area contributed by atoms with Crippen molar-refractivity contribution in [3.05, 3.63) is 56.9 Å². The molecule has 0 saturated heterocycles. The van der Waals surface area contributed by atoms with Gasteiger partial charge in [-0.3, -0.25) is 20.0 Å². The second-order valence-corrected chi connectivity index (χ2v) is 7.73. The average molecular weight is 457 g/mol. The molecule has 166 valence electrons. The van der Waals surface area contributed by atoms with E-state index in [-0.39, 0.29) is 17.5 Å². The van der Waals surface area contributed by atoms with Crippen molar-refractivity contribution < 1.29 is 9.72 Å². The Labute approximate surface area is 188 Å². The highest BCUT2D eigenvalue weighted by Crippen LogP contribution is 2.40. The molecule has 0 radical (unpaired) electrons. The second-order valence-electron chi connectivity index (χ2n) is 7.32. The summed E-state index contributed by atoms with van der Waals surface area (Å²) in [5, 5.41) is 27.8. The molecule has 1 aliphatic rings. The van der Waals surface area contributed by atoms with Crippen molar-refractivity contribution in [3.8, 4) is 0 Å². The van der Waals surface area contributed by atoms with Gasteiger partial charge in [0.2, 0.25) is 17.5 Å². The largest absolute Gasteiger partial charge is 0.350 e. The molecule has 3 aromatic rings. The Bertz CT molecular complexity index is 1160. The molecule has 4 N–H and O–H groups in total. The molecule has 0 spiro atoms. The van der Waals surface area contributed by atoms with E-state index in [1.54, 1.807) is 30.3 Å². The Morgan fingerprint density at radius 2 is 2.06 bits per heavy atom. The van der Waals surface area contributed by atoms with Gasteiger partial charge >= 0.3 is 5.69 Å². The van der Waals surface area contributed by atoms with E-state index in [0.717, 1.165) is 18.5 Å². The first kappa shape index (κ1) is 21.5. The highest BCUT2D eigenvalue weighted by atomic mass is 35.5. The van der Waals surface area contributed by atoms with Crippen molar-refractivity contribution in [2.75, 3.05) is 17.2 Å². The van der Waals surface area contributed by atoms with Gasteiger partial charge in [0.1, 0.15) is 0 Å². The predicted molar refractivity (Wildman–Crippen MR) is 120 cm³/mol. The van der Waals surface area contributed by atoms with Gasteiger partial charge in [0.15, 0.2) is 5.82 Å². The number of carbonyl (C=O) groups is 1. The van der Waals surface area contributed by atoms with E-state index in [1.165, 1.54) is 0 Å². The van der Waals surface area contributed by atoms with Crippen LogP contribution < -0.4 is 16.0 Å². The van der Waals surface area contributed by atoms with E-state index in [2.05, 4.69) is 36.1 Å². The number of amides is 1. The van der Waals surface area contributed by atoms with Crippen LogP contribution in [0.1, 0.15) is 48.3 Å². The first-order valence-electron chi connectivity index (χ1n) is 10.1. The summed E-state index contributed by atoms with van der Waals surface area (Å²) < 4.78 is 0. The van der Waals surface area contributed by atoms with E-state index < -0.39 is 16.5 Å². The molecule has 11 nitrogen and oxygen atoms in total. The van der Waals surface area contributed by atoms with Crippen LogP contribution in [0.5, 0.6) is 0 Å². The minimum atomic E-state index is -0.684. The fourth-order valence-electron chi connectivity index (χ4n) is 3.06. The zero-order valence-corrected chi connectivity index (χ0v) is 17.9. The smallest absolute Gasteiger partial charge is 0.343 e. The predicted octanol–water partition coefficient (Wildman–Crippen LogP) is 4.27. The Hall–Kier alpha value is -3.73. The maximum Gasteiger partial charge on any atom is 0.343 e. The minimum absolute atomic E-state index is 0.0224. The lowest BCUT2D eigenvalue weighted by molar-refractivity contribution is -0.384. The Kier molecular flexibility index (Phi) is 6.17. The normalized spacial score (nSPS) is 12.9. The Morgan fingerprint density at radius 3 is 2.75 bits per heavy atom. The zero-order valence-electron chi connectivity index (χ0n) is 17.2. The number of para-hydroxylation sites is 1. The van der Waals surface area contributed by atoms with Crippen molar-refractivity contribution in [2.24, 2.45) is 0 Å². The lowest BCUT2D eigenvalue weighted by atomic mass is 10.2. The van der Waals surface area contributed by atoms with Gasteiger partial charge in [0.25, 0.3) is 5.91 Å². The van der Waals surface area contributed by atoms with Gasteiger partial charge in [0, 0.05) is 24.2 Å². The molecule has 1 saturated carbocycles. The molecule has 2 aromatic heterocycles. The number of hydrogen-bond acceptors (Lipinski definition) is 8. The van der Waals surface area contributed by atoms with Gasteiger partial charge in [-0.25, -0.2) is 4.98 Å². The molecular weight excluding hydrogens is 436 g/mol. The maximum absolute atomic E-state index is 12.7. The number of hydrogen-bond donors (Lipinski definition) is 4. The van der Waals surface area contributed by atoms with E-state index in [1.807, 2.05) is 6.92 Å². The molecular formula is C20H21ClN8O3. The molecule has 1 aliphatic carbocycles. The van der Waals surface area contributed by atoms with Crippen LogP contribution in [0.4, 0.5) is 29.0 Å². The summed E-state index contributed by atoms with van der Waals surface area (Å²) in [6.07, 6.45) is 2.81. The molecule has 1 aromatic carbocycles. The van der Waals surface area contributed by atoms with Crippen LogP contribution in [0.25, 0.3) is 0 Å². The minimum Gasteiger partial charge on any atom is -0.350 e. The van der Waals surface area contributed by atoms with Crippen LogP contribution in [0.2, 0.25) is 5.02 Å². The molecule has 0 atom stereocenters. The van der Waals surface area contributed by atoms with Gasteiger partial charge in [-0.05, 0) is 31.4 Å². The third-order valence-corrected chi connectivity index (χ3v) is 5.13. The molecule has 1 fully saturated rings. The quantitative estimate of drug-likeness (QED) is 0.275. The number of anilines is 4. The third-order valence-electron chi connectivity index (χ3n) is 4.80. The van der Waals surface area contributed by atoms with E-state index in [4.69, 9.17) is 11.6 Å². The second kappa shape index (κ2) is 9.18. The molecule has 0 bridgehead atoms. The van der Waals surface area contributed by atoms with Crippen molar-refractivity contribution in [3.63, 3.8) is 0 Å². The molecule has 4 rings (SSSR count). The molecule has 0 aliphatic heterocycles. The van der Waals surface area contributed by atoms with Crippen LogP contribution in [-0.4, -0.2) is 37.5 Å². The number of aromatic nitrogens is 4. The molecule has 12 heteroatoms. The van der Waals surface area contributed by atoms with Crippen LogP contribution in [0.3, 0.4) is 0 Å². The number of rotatable bonds is 9. The van der Waals surface area contributed by atoms with Crippen molar-refractivity contribution in [2.45, 2.75) is 32.1 Å². The number of H-pyrrole nitrogens is 1. The number of halogens is 1. The molecule has 1 amide bonds. The Morgan fingerprint density at radius 1 is 1.28 bits per heavy atom. The van der Waals surface area contributed by atoms with Gasteiger partial charge < -0.3 is 16.0 Å². The van der Waals surface area contributed by atoms with Gasteiger partial charge in [-0.1, -0.05) is 30.7 Å². The number of nitrogens with zero attached hydrogens (tertiary/aromatic N) is 4. The van der Waals surface area contributed by atoms with Crippen LogP contribution in [-0.2, 0) is 0 Å². The molecule has 32 heavy (non-hydrogen) atoms. The van der Waals surface area contributed by atoms with Crippen molar-refractivity contribution in [1.82, 2.24) is 25.5 Å². The van der Waals surface area contributed by atoms with Crippen LogP contribution in [0.15, 0.2) is 30.3 Å². The summed E-state index contributed by atoms with van der Waals surface area (Å²) in [6, 6.07) is 8.67. The summed E-state index contributed by atoms with van der Waals surface area (Å²) in [5.74, 6) is -0.0728. The lowest BCUT2D eigenvalue weighted by Crippen LogP contribution is -2.27.